The van der Waals surface area contributed by atoms with Crippen LogP contribution in [0.1, 0.15) is 31.8 Å². The smallest absolute Gasteiger partial charge is 0.289 e. The first-order chi connectivity index (χ1) is 27.7. The Bertz CT molecular complexity index is 2540. The zero-order valence-corrected chi connectivity index (χ0v) is 32.2. The Labute approximate surface area is 337 Å². The van der Waals surface area contributed by atoms with Crippen LogP contribution in [0, 0.1) is 0 Å². The summed E-state index contributed by atoms with van der Waals surface area (Å²) >= 11 is 1.14. The molecule has 306 valence electrons. The second-order valence-corrected chi connectivity index (χ2v) is 18.2. The van der Waals surface area contributed by atoms with E-state index in [9.17, 15) is 48.7 Å². The summed E-state index contributed by atoms with van der Waals surface area (Å²) in [5, 5.41) is -7.17. The van der Waals surface area contributed by atoms with Crippen molar-refractivity contribution in [3.8, 4) is 0 Å². The van der Waals surface area contributed by atoms with Gasteiger partial charge in [0.1, 0.15) is 0 Å². The standard InChI is InChI=1S/C42H27F9O5S3/c43-39(44,41(47,48)49)40(45,46)42(50,51)59(54,55)56-58(34-14-8-3-9-15-34,35-24-18-31(19-25-35)38(53)29-12-6-2-7-13-29)36-26-22-33(23-27-36)57-32-20-16-30(17-21-32)37(52)28-10-4-1-5-11-28/h1-27H. The van der Waals surface area contributed by atoms with Crippen LogP contribution in [-0.2, 0) is 13.7 Å². The molecule has 1 unspecified atom stereocenters. The van der Waals surface area contributed by atoms with Crippen molar-refractivity contribution in [3.05, 3.63) is 186 Å². The van der Waals surface area contributed by atoms with Crippen LogP contribution in [0.15, 0.2) is 188 Å². The molecule has 6 rings (SSSR count). The van der Waals surface area contributed by atoms with E-state index in [-0.39, 0.29) is 31.6 Å². The monoisotopic (exact) mass is 878 g/mol. The van der Waals surface area contributed by atoms with Crippen molar-refractivity contribution < 1.29 is 61.1 Å². The van der Waals surface area contributed by atoms with Crippen LogP contribution in [0.4, 0.5) is 39.5 Å². The third kappa shape index (κ3) is 8.16. The predicted octanol–water partition coefficient (Wildman–Crippen LogP) is 12.3. The number of rotatable bonds is 14. The number of benzene rings is 6. The van der Waals surface area contributed by atoms with Crippen LogP contribution >= 0.6 is 22.1 Å². The molecule has 0 saturated carbocycles. The Morgan fingerprint density at radius 1 is 0.424 bits per heavy atom. The maximum absolute atomic E-state index is 15.4. The molecular formula is C42H27F9O5S3. The minimum Gasteiger partial charge on any atom is -0.289 e. The number of halogens is 9. The summed E-state index contributed by atoms with van der Waals surface area (Å²) in [5.41, 5.74) is 1.07. The molecule has 0 bridgehead atoms. The summed E-state index contributed by atoms with van der Waals surface area (Å²) in [6.07, 6.45) is -7.30. The molecule has 0 spiro atoms. The summed E-state index contributed by atoms with van der Waals surface area (Å²) in [5.74, 6) is -15.9. The number of carbonyl (C=O) groups is 2. The van der Waals surface area contributed by atoms with Gasteiger partial charge >= 0.3 is 33.4 Å². The van der Waals surface area contributed by atoms with Gasteiger partial charge in [0.15, 0.2) is 11.6 Å². The van der Waals surface area contributed by atoms with E-state index >= 15 is 8.78 Å². The second kappa shape index (κ2) is 16.4. The molecule has 5 nitrogen and oxygen atoms in total. The second-order valence-electron chi connectivity index (χ2n) is 12.6. The predicted molar refractivity (Wildman–Crippen MR) is 203 cm³/mol. The maximum atomic E-state index is 15.4. The summed E-state index contributed by atoms with van der Waals surface area (Å²) in [6.45, 7) is 0. The number of carbonyl (C=O) groups excluding carboxylic acids is 2. The SMILES string of the molecule is O=C(c1ccccc1)c1ccc(Sc2ccc(S(OS(=O)(=O)C(F)(F)C(F)(F)C(F)(F)C(F)(F)F)(c3ccccc3)c3ccc(C(=O)c4ccccc4)cc3)cc2)cc1. The van der Waals surface area contributed by atoms with Gasteiger partial charge < -0.3 is 0 Å². The fourth-order valence-corrected chi connectivity index (χ4v) is 11.7. The molecule has 0 aliphatic rings. The van der Waals surface area contributed by atoms with Crippen molar-refractivity contribution in [2.75, 3.05) is 0 Å². The van der Waals surface area contributed by atoms with Gasteiger partial charge in [-0.1, -0.05) is 90.6 Å². The highest BCUT2D eigenvalue weighted by Gasteiger charge is 2.86. The van der Waals surface area contributed by atoms with E-state index in [0.717, 1.165) is 48.2 Å². The lowest BCUT2D eigenvalue weighted by Crippen LogP contribution is -2.63. The largest absolute Gasteiger partial charge is 0.460 e. The van der Waals surface area contributed by atoms with Crippen LogP contribution in [0.5, 0.6) is 0 Å². The Balaban J connectivity index is 1.46. The first-order valence-corrected chi connectivity index (χ1v) is 20.7. The van der Waals surface area contributed by atoms with Gasteiger partial charge in [0.05, 0.1) is 0 Å². The molecule has 17 heteroatoms. The Morgan fingerprint density at radius 3 is 1.15 bits per heavy atom. The molecule has 0 amide bonds. The third-order valence-corrected chi connectivity index (χ3v) is 15.0. The quantitative estimate of drug-likeness (QED) is 0.0801. The molecule has 0 radical (unpaired) electrons. The van der Waals surface area contributed by atoms with Gasteiger partial charge in [-0.3, -0.25) is 9.59 Å². The number of hydrogen-bond donors (Lipinski definition) is 0. The fourth-order valence-electron chi connectivity index (χ4n) is 5.65. The van der Waals surface area contributed by atoms with Crippen molar-refractivity contribution >= 4 is 43.8 Å². The van der Waals surface area contributed by atoms with E-state index < -0.39 is 49.5 Å². The lowest BCUT2D eigenvalue weighted by atomic mass is 10.0. The Hall–Kier alpha value is -5.36. The number of ketones is 2. The van der Waals surface area contributed by atoms with Gasteiger partial charge in [-0.2, -0.15) is 47.9 Å². The van der Waals surface area contributed by atoms with E-state index in [1.165, 1.54) is 54.6 Å². The van der Waals surface area contributed by atoms with Crippen LogP contribution < -0.4 is 0 Å². The average molecular weight is 879 g/mol. The maximum Gasteiger partial charge on any atom is 0.460 e. The fraction of sp³-hybridized carbons (Fsp3) is 0.0952. The molecule has 0 fully saturated rings. The van der Waals surface area contributed by atoms with Crippen LogP contribution in [-0.4, -0.2) is 43.3 Å². The Morgan fingerprint density at radius 2 is 0.746 bits per heavy atom. The third-order valence-electron chi connectivity index (χ3n) is 8.72. The van der Waals surface area contributed by atoms with E-state index in [1.807, 2.05) is 0 Å². The molecule has 59 heavy (non-hydrogen) atoms. The molecule has 0 aromatic heterocycles. The molecule has 0 aliphatic heterocycles. The van der Waals surface area contributed by atoms with Gasteiger partial charge in [-0.15, -0.1) is 0 Å². The van der Waals surface area contributed by atoms with E-state index in [0.29, 0.717) is 20.9 Å². The van der Waals surface area contributed by atoms with Crippen molar-refractivity contribution in [3.63, 3.8) is 0 Å². The highest BCUT2D eigenvalue weighted by Crippen LogP contribution is 2.71. The topological polar surface area (TPSA) is 77.5 Å². The molecule has 1 atom stereocenters. The summed E-state index contributed by atoms with van der Waals surface area (Å²) in [6, 6.07) is 38.7. The first-order valence-electron chi connectivity index (χ1n) is 16.9. The van der Waals surface area contributed by atoms with Crippen molar-refractivity contribution in [2.24, 2.45) is 0 Å². The molecule has 0 aliphatic carbocycles. The molecule has 6 aromatic carbocycles. The minimum atomic E-state index is -7.56. The summed E-state index contributed by atoms with van der Waals surface area (Å²) in [4.78, 5) is 26.2. The summed E-state index contributed by atoms with van der Waals surface area (Å²) in [7, 11) is -11.8. The molecule has 0 heterocycles. The van der Waals surface area contributed by atoms with E-state index in [1.54, 1.807) is 72.8 Å². The zero-order chi connectivity index (χ0) is 42.9. The molecular weight excluding hydrogens is 852 g/mol. The number of hydrogen-bond acceptors (Lipinski definition) is 6. The molecule has 0 N–H and O–H groups in total. The van der Waals surface area contributed by atoms with Gasteiger partial charge in [0.25, 0.3) is 0 Å². The van der Waals surface area contributed by atoms with Crippen LogP contribution in [0.3, 0.4) is 0 Å². The zero-order valence-electron chi connectivity index (χ0n) is 29.8. The molecule has 0 saturated heterocycles. The first kappa shape index (κ1) is 43.2. The summed E-state index contributed by atoms with van der Waals surface area (Å²) < 4.78 is 160. The minimum absolute atomic E-state index is 0.00548. The van der Waals surface area contributed by atoms with Crippen molar-refractivity contribution in [1.82, 2.24) is 0 Å². The Kier molecular flexibility index (Phi) is 12.0. The number of alkyl halides is 9. The van der Waals surface area contributed by atoms with Crippen LogP contribution in [0.25, 0.3) is 0 Å². The lowest BCUT2D eigenvalue weighted by molar-refractivity contribution is -0.382. The van der Waals surface area contributed by atoms with Gasteiger partial charge in [-0.05, 0) is 95.2 Å². The normalized spacial score (nSPS) is 14.3. The average Bonchev–Trinajstić information content (AvgIpc) is 3.23. The highest BCUT2D eigenvalue weighted by molar-refractivity contribution is 8.33. The van der Waals surface area contributed by atoms with Gasteiger partial charge in [0.2, 0.25) is 0 Å². The van der Waals surface area contributed by atoms with E-state index in [2.05, 4.69) is 0 Å². The van der Waals surface area contributed by atoms with E-state index in [4.69, 9.17) is 3.63 Å². The van der Waals surface area contributed by atoms with Crippen molar-refractivity contribution in [2.45, 2.75) is 47.8 Å². The molecule has 6 aromatic rings. The van der Waals surface area contributed by atoms with Gasteiger partial charge in [0, 0.05) is 46.7 Å². The van der Waals surface area contributed by atoms with Gasteiger partial charge in [-0.25, -0.2) is 3.63 Å². The highest BCUT2D eigenvalue weighted by atomic mass is 32.3. The lowest BCUT2D eigenvalue weighted by Gasteiger charge is -2.41. The van der Waals surface area contributed by atoms with Crippen molar-refractivity contribution in [1.29, 1.82) is 0 Å². The van der Waals surface area contributed by atoms with Crippen LogP contribution in [0.2, 0.25) is 0 Å².